The molecule has 0 bridgehead atoms. The fraction of sp³-hybridized carbons (Fsp3) is 0.500. The molecular weight excluding hydrogens is 188 g/mol. The minimum absolute atomic E-state index is 0.0964. The minimum atomic E-state index is -1.03. The van der Waals surface area contributed by atoms with E-state index in [2.05, 4.69) is 5.10 Å². The predicted octanol–water partition coefficient (Wildman–Crippen LogP) is 0.410. The average molecular weight is 200 g/mol. The van der Waals surface area contributed by atoms with Crippen LogP contribution in [0.15, 0.2) is 6.07 Å². The summed E-state index contributed by atoms with van der Waals surface area (Å²) in [6.45, 7) is 0. The lowest BCUT2D eigenvalue weighted by Crippen LogP contribution is -2.06. The summed E-state index contributed by atoms with van der Waals surface area (Å²) in [5.41, 5.74) is 0.536. The second-order valence-corrected chi connectivity index (χ2v) is 2.69. The van der Waals surface area contributed by atoms with Crippen LogP contribution in [0, 0.1) is 0 Å². The van der Waals surface area contributed by atoms with Crippen LogP contribution in [0.25, 0.3) is 0 Å². The lowest BCUT2D eigenvalue weighted by atomic mass is 10.3. The third-order valence-electron chi connectivity index (χ3n) is 1.79. The van der Waals surface area contributed by atoms with Crippen molar-refractivity contribution in [1.82, 2.24) is 9.78 Å². The molecule has 1 aromatic heterocycles. The van der Waals surface area contributed by atoms with Crippen molar-refractivity contribution in [3.8, 4) is 0 Å². The van der Waals surface area contributed by atoms with Crippen molar-refractivity contribution in [2.24, 2.45) is 7.05 Å². The molecule has 0 saturated carbocycles. The Morgan fingerprint density at radius 1 is 1.57 bits per heavy atom. The van der Waals surface area contributed by atoms with Crippen LogP contribution in [-0.4, -0.2) is 35.1 Å². The SMILES string of the molecule is COC(OC)c1cc(C(=O)O)n(C)n1. The van der Waals surface area contributed by atoms with Gasteiger partial charge in [0.25, 0.3) is 0 Å². The Morgan fingerprint density at radius 3 is 2.50 bits per heavy atom. The Morgan fingerprint density at radius 2 is 2.14 bits per heavy atom. The molecule has 0 spiro atoms. The molecule has 14 heavy (non-hydrogen) atoms. The molecule has 0 amide bonds. The third-order valence-corrected chi connectivity index (χ3v) is 1.79. The number of aromatic nitrogens is 2. The maximum Gasteiger partial charge on any atom is 0.354 e. The molecule has 0 radical (unpaired) electrons. The molecule has 0 aromatic carbocycles. The minimum Gasteiger partial charge on any atom is -0.477 e. The van der Waals surface area contributed by atoms with Crippen molar-refractivity contribution >= 4 is 5.97 Å². The monoisotopic (exact) mass is 200 g/mol. The molecule has 0 saturated heterocycles. The maximum atomic E-state index is 10.7. The van der Waals surface area contributed by atoms with Crippen molar-refractivity contribution in [3.63, 3.8) is 0 Å². The van der Waals surface area contributed by atoms with Crippen LogP contribution >= 0.6 is 0 Å². The Kier molecular flexibility index (Phi) is 3.21. The zero-order chi connectivity index (χ0) is 10.7. The van der Waals surface area contributed by atoms with Gasteiger partial charge < -0.3 is 14.6 Å². The summed E-state index contributed by atoms with van der Waals surface area (Å²) in [5, 5.41) is 12.7. The van der Waals surface area contributed by atoms with E-state index in [4.69, 9.17) is 14.6 Å². The largest absolute Gasteiger partial charge is 0.477 e. The first kappa shape index (κ1) is 10.7. The fourth-order valence-corrected chi connectivity index (χ4v) is 1.14. The number of aryl methyl sites for hydroxylation is 1. The average Bonchev–Trinajstić information content (AvgIpc) is 2.50. The van der Waals surface area contributed by atoms with E-state index in [-0.39, 0.29) is 5.69 Å². The van der Waals surface area contributed by atoms with Gasteiger partial charge in [-0.1, -0.05) is 0 Å². The molecule has 6 heteroatoms. The Balaban J connectivity index is 3.01. The normalized spacial score (nSPS) is 10.9. The molecule has 0 aliphatic heterocycles. The zero-order valence-electron chi connectivity index (χ0n) is 8.22. The molecular formula is C8H12N2O4. The highest BCUT2D eigenvalue weighted by atomic mass is 16.7. The number of carboxylic acids is 1. The number of carbonyl (C=O) groups is 1. The molecule has 0 fully saturated rings. The van der Waals surface area contributed by atoms with Gasteiger partial charge in [-0.05, 0) is 6.07 Å². The molecule has 78 valence electrons. The Hall–Kier alpha value is -1.40. The van der Waals surface area contributed by atoms with Gasteiger partial charge in [0.05, 0.1) is 0 Å². The van der Waals surface area contributed by atoms with Gasteiger partial charge in [0.1, 0.15) is 11.4 Å². The van der Waals surface area contributed by atoms with Crippen molar-refractivity contribution < 1.29 is 19.4 Å². The van der Waals surface area contributed by atoms with Gasteiger partial charge in [0.15, 0.2) is 0 Å². The smallest absolute Gasteiger partial charge is 0.354 e. The first-order valence-corrected chi connectivity index (χ1v) is 3.93. The number of ether oxygens (including phenoxy) is 2. The Bertz CT molecular complexity index is 330. The Labute approximate surface area is 81.0 Å². The number of rotatable bonds is 4. The van der Waals surface area contributed by atoms with E-state index in [9.17, 15) is 4.79 Å². The molecule has 0 aliphatic carbocycles. The van der Waals surface area contributed by atoms with Gasteiger partial charge in [-0.25, -0.2) is 4.79 Å². The summed E-state index contributed by atoms with van der Waals surface area (Å²) in [7, 11) is 4.47. The van der Waals surface area contributed by atoms with Crippen LogP contribution < -0.4 is 0 Å². The number of aromatic carboxylic acids is 1. The van der Waals surface area contributed by atoms with E-state index in [1.807, 2.05) is 0 Å². The van der Waals surface area contributed by atoms with Crippen molar-refractivity contribution in [3.05, 3.63) is 17.5 Å². The van der Waals surface area contributed by atoms with Gasteiger partial charge in [0, 0.05) is 21.3 Å². The predicted molar refractivity (Wildman–Crippen MR) is 46.9 cm³/mol. The summed E-state index contributed by atoms with van der Waals surface area (Å²) < 4.78 is 11.2. The van der Waals surface area contributed by atoms with Crippen molar-refractivity contribution in [1.29, 1.82) is 0 Å². The van der Waals surface area contributed by atoms with E-state index >= 15 is 0 Å². The highest BCUT2D eigenvalue weighted by Gasteiger charge is 2.18. The second kappa shape index (κ2) is 4.21. The molecule has 0 atom stereocenters. The number of hydrogen-bond acceptors (Lipinski definition) is 4. The van der Waals surface area contributed by atoms with Crippen LogP contribution in [-0.2, 0) is 16.5 Å². The van der Waals surface area contributed by atoms with E-state index in [1.54, 1.807) is 7.05 Å². The van der Waals surface area contributed by atoms with E-state index in [1.165, 1.54) is 25.0 Å². The fourth-order valence-electron chi connectivity index (χ4n) is 1.14. The lowest BCUT2D eigenvalue weighted by Gasteiger charge is -2.08. The number of nitrogens with zero attached hydrogens (tertiary/aromatic N) is 2. The van der Waals surface area contributed by atoms with Gasteiger partial charge in [0.2, 0.25) is 6.29 Å². The summed E-state index contributed by atoms with van der Waals surface area (Å²) in [5.74, 6) is -1.03. The van der Waals surface area contributed by atoms with Crippen LogP contribution in [0.2, 0.25) is 0 Å². The number of hydrogen-bond donors (Lipinski definition) is 1. The lowest BCUT2D eigenvalue weighted by molar-refractivity contribution is -0.108. The summed E-state index contributed by atoms with van der Waals surface area (Å²) in [4.78, 5) is 10.7. The second-order valence-electron chi connectivity index (χ2n) is 2.69. The van der Waals surface area contributed by atoms with Gasteiger partial charge >= 0.3 is 5.97 Å². The van der Waals surface area contributed by atoms with Crippen LogP contribution in [0.5, 0.6) is 0 Å². The molecule has 1 aromatic rings. The highest BCUT2D eigenvalue weighted by molar-refractivity contribution is 5.85. The summed E-state index contributed by atoms with van der Waals surface area (Å²) >= 11 is 0. The van der Waals surface area contributed by atoms with Crippen molar-refractivity contribution in [2.75, 3.05) is 14.2 Å². The van der Waals surface area contributed by atoms with Crippen LogP contribution in [0.4, 0.5) is 0 Å². The zero-order valence-corrected chi connectivity index (χ0v) is 8.22. The topological polar surface area (TPSA) is 73.6 Å². The molecule has 0 aliphatic rings. The van der Waals surface area contributed by atoms with E-state index in [0.717, 1.165) is 0 Å². The standard InChI is InChI=1S/C8H12N2O4/c1-10-6(7(11)12)4-5(9-10)8(13-2)14-3/h4,8H,1-3H3,(H,11,12). The molecule has 1 N–H and O–H groups in total. The van der Waals surface area contributed by atoms with Crippen molar-refractivity contribution in [2.45, 2.75) is 6.29 Å². The van der Waals surface area contributed by atoms with Gasteiger partial charge in [-0.3, -0.25) is 4.68 Å². The summed E-state index contributed by atoms with van der Waals surface area (Å²) in [6, 6.07) is 1.42. The maximum absolute atomic E-state index is 10.7. The van der Waals surface area contributed by atoms with E-state index < -0.39 is 12.3 Å². The highest BCUT2D eigenvalue weighted by Crippen LogP contribution is 2.16. The quantitative estimate of drug-likeness (QED) is 0.712. The molecule has 6 nitrogen and oxygen atoms in total. The number of carboxylic acid groups (broad SMARTS) is 1. The van der Waals surface area contributed by atoms with E-state index in [0.29, 0.717) is 5.69 Å². The van der Waals surface area contributed by atoms with Crippen LogP contribution in [0.1, 0.15) is 22.5 Å². The first-order chi connectivity index (χ1) is 6.60. The summed E-state index contributed by atoms with van der Waals surface area (Å²) in [6.07, 6.45) is -0.630. The molecule has 1 heterocycles. The first-order valence-electron chi connectivity index (χ1n) is 3.93. The molecule has 0 unspecified atom stereocenters. The van der Waals surface area contributed by atoms with Gasteiger partial charge in [-0.2, -0.15) is 5.10 Å². The van der Waals surface area contributed by atoms with Gasteiger partial charge in [-0.15, -0.1) is 0 Å². The molecule has 1 rings (SSSR count). The number of methoxy groups -OCH3 is 2. The third kappa shape index (κ3) is 1.91. The van der Waals surface area contributed by atoms with Crippen LogP contribution in [0.3, 0.4) is 0 Å².